The molecule has 3 heterocycles. The third kappa shape index (κ3) is 5.35. The number of likely N-dealkylation sites (tertiary alicyclic amines) is 2. The van der Waals surface area contributed by atoms with Gasteiger partial charge in [-0.25, -0.2) is 9.78 Å². The first kappa shape index (κ1) is 25.7. The number of aromatic nitrogens is 1. The number of carbonyl (C=O) groups is 1. The molecule has 2 aromatic rings. The van der Waals surface area contributed by atoms with Gasteiger partial charge < -0.3 is 14.5 Å². The van der Waals surface area contributed by atoms with Crippen LogP contribution in [0.5, 0.6) is 0 Å². The van der Waals surface area contributed by atoms with E-state index in [2.05, 4.69) is 63.2 Å². The van der Waals surface area contributed by atoms with Crippen LogP contribution in [0, 0.1) is 5.92 Å². The van der Waals surface area contributed by atoms with E-state index in [1.54, 1.807) is 11.3 Å². The van der Waals surface area contributed by atoms with E-state index in [9.17, 15) is 4.79 Å². The van der Waals surface area contributed by atoms with E-state index in [4.69, 9.17) is 9.72 Å². The molecule has 1 amide bonds. The summed E-state index contributed by atoms with van der Waals surface area (Å²) in [6, 6.07) is 7.02. The van der Waals surface area contributed by atoms with Crippen molar-refractivity contribution in [1.29, 1.82) is 0 Å². The maximum absolute atomic E-state index is 12.6. The lowest BCUT2D eigenvalue weighted by Gasteiger charge is -2.42. The molecule has 1 aliphatic carbocycles. The molecule has 5 rings (SSSR count). The summed E-state index contributed by atoms with van der Waals surface area (Å²) >= 11 is 1.78. The van der Waals surface area contributed by atoms with Gasteiger partial charge in [0.15, 0.2) is 0 Å². The number of hydrogen-bond donors (Lipinski definition) is 0. The Kier molecular flexibility index (Phi) is 7.21. The lowest BCUT2D eigenvalue weighted by molar-refractivity contribution is 0.0639. The van der Waals surface area contributed by atoms with Gasteiger partial charge in [0, 0.05) is 42.4 Å². The second-order valence-electron chi connectivity index (χ2n) is 12.7. The zero-order valence-corrected chi connectivity index (χ0v) is 23.6. The molecular formula is C30H43N3O2S. The van der Waals surface area contributed by atoms with Crippen molar-refractivity contribution in [2.24, 2.45) is 5.92 Å². The van der Waals surface area contributed by atoms with Gasteiger partial charge in [-0.3, -0.25) is 0 Å². The molecule has 1 aromatic heterocycles. The molecule has 3 aliphatic rings. The van der Waals surface area contributed by atoms with Crippen molar-refractivity contribution in [3.05, 3.63) is 39.7 Å². The number of carbonyl (C=O) groups excluding carboxylic acids is 1. The fourth-order valence-electron chi connectivity index (χ4n) is 6.35. The predicted molar refractivity (Wildman–Crippen MR) is 148 cm³/mol. The molecule has 1 aromatic carbocycles. The molecule has 2 saturated heterocycles. The molecule has 0 bridgehead atoms. The minimum Gasteiger partial charge on any atom is -0.449 e. The van der Waals surface area contributed by atoms with Crippen LogP contribution in [0.4, 0.5) is 4.79 Å². The second-order valence-corrected chi connectivity index (χ2v) is 13.6. The van der Waals surface area contributed by atoms with Gasteiger partial charge in [0.25, 0.3) is 0 Å². The van der Waals surface area contributed by atoms with Crippen LogP contribution in [-0.2, 0) is 15.6 Å². The Bertz CT molecular complexity index is 1080. The molecule has 36 heavy (non-hydrogen) atoms. The third-order valence-electron chi connectivity index (χ3n) is 8.94. The first-order valence-electron chi connectivity index (χ1n) is 13.8. The molecule has 1 atom stereocenters. The van der Waals surface area contributed by atoms with E-state index in [1.807, 2.05) is 4.90 Å². The van der Waals surface area contributed by atoms with Crippen molar-refractivity contribution in [3.63, 3.8) is 0 Å². The third-order valence-corrected chi connectivity index (χ3v) is 9.94. The van der Waals surface area contributed by atoms with Crippen LogP contribution >= 0.6 is 11.3 Å². The normalized spacial score (nSPS) is 24.4. The summed E-state index contributed by atoms with van der Waals surface area (Å²) in [7, 11) is 2.15. The van der Waals surface area contributed by atoms with Crippen LogP contribution < -0.4 is 0 Å². The maximum Gasteiger partial charge on any atom is 0.409 e. The molecule has 0 N–H and O–H groups in total. The summed E-state index contributed by atoms with van der Waals surface area (Å²) in [5.41, 5.74) is 5.74. The van der Waals surface area contributed by atoms with Crippen LogP contribution in [0.2, 0.25) is 0 Å². The number of benzene rings is 1. The first-order valence-corrected chi connectivity index (χ1v) is 14.7. The molecule has 0 spiro atoms. The minimum atomic E-state index is -0.138. The Morgan fingerprint density at radius 1 is 1.06 bits per heavy atom. The summed E-state index contributed by atoms with van der Waals surface area (Å²) in [6.45, 7) is 13.7. The highest BCUT2D eigenvalue weighted by molar-refractivity contribution is 7.10. The Balaban J connectivity index is 1.19. The molecule has 2 fully saturated rings. The topological polar surface area (TPSA) is 45.7 Å². The summed E-state index contributed by atoms with van der Waals surface area (Å²) in [5, 5.41) is 3.43. The predicted octanol–water partition coefficient (Wildman–Crippen LogP) is 6.82. The lowest BCUT2D eigenvalue weighted by Crippen LogP contribution is -2.40. The molecule has 1 unspecified atom stereocenters. The van der Waals surface area contributed by atoms with Crippen molar-refractivity contribution in [2.45, 2.75) is 83.0 Å². The Labute approximate surface area is 221 Å². The molecule has 0 saturated carbocycles. The minimum absolute atomic E-state index is 0.138. The van der Waals surface area contributed by atoms with E-state index in [-0.39, 0.29) is 16.9 Å². The van der Waals surface area contributed by atoms with Crippen molar-refractivity contribution < 1.29 is 9.53 Å². The maximum atomic E-state index is 12.6. The van der Waals surface area contributed by atoms with Crippen LogP contribution in [0.25, 0.3) is 11.3 Å². The lowest BCUT2D eigenvalue weighted by atomic mass is 9.63. The summed E-state index contributed by atoms with van der Waals surface area (Å²) in [6.07, 6.45) is 6.59. The second kappa shape index (κ2) is 10.1. The molecule has 6 heteroatoms. The van der Waals surface area contributed by atoms with Gasteiger partial charge in [-0.1, -0.05) is 39.8 Å². The monoisotopic (exact) mass is 509 g/mol. The smallest absolute Gasteiger partial charge is 0.409 e. The quantitative estimate of drug-likeness (QED) is 0.454. The first-order chi connectivity index (χ1) is 17.1. The number of fused-ring (bicyclic) bond motifs is 1. The summed E-state index contributed by atoms with van der Waals surface area (Å²) in [4.78, 5) is 22.0. The van der Waals surface area contributed by atoms with Gasteiger partial charge >= 0.3 is 6.09 Å². The van der Waals surface area contributed by atoms with Gasteiger partial charge in [0.05, 0.1) is 17.3 Å². The standard InChI is InChI=1S/C30H43N3O2S/c1-29(2)12-13-30(3,4)25-17-23(8-9-24(25)29)26-20-36-27(31-26)22-10-15-33(16-11-22)28(34)35-19-21-7-6-14-32(5)18-21/h8-9,17,20-22H,6-7,10-16,18-19H2,1-5H3. The Morgan fingerprint density at radius 2 is 1.78 bits per heavy atom. The number of hydrogen-bond acceptors (Lipinski definition) is 5. The number of thiazole rings is 1. The van der Waals surface area contributed by atoms with Gasteiger partial charge in [-0.05, 0) is 80.1 Å². The number of amides is 1. The van der Waals surface area contributed by atoms with Crippen LogP contribution in [-0.4, -0.2) is 60.7 Å². The van der Waals surface area contributed by atoms with Gasteiger partial charge in [-0.15, -0.1) is 11.3 Å². The zero-order chi connectivity index (χ0) is 25.5. The highest BCUT2D eigenvalue weighted by Crippen LogP contribution is 2.47. The molecule has 5 nitrogen and oxygen atoms in total. The van der Waals surface area contributed by atoms with Crippen LogP contribution in [0.1, 0.15) is 88.3 Å². The Hall–Kier alpha value is -1.92. The average molecular weight is 510 g/mol. The highest BCUT2D eigenvalue weighted by Gasteiger charge is 2.37. The highest BCUT2D eigenvalue weighted by atomic mass is 32.1. The summed E-state index contributed by atoms with van der Waals surface area (Å²) < 4.78 is 5.70. The van der Waals surface area contributed by atoms with Gasteiger partial charge in [0.2, 0.25) is 0 Å². The van der Waals surface area contributed by atoms with E-state index in [0.717, 1.165) is 51.1 Å². The SMILES string of the molecule is CN1CCCC(COC(=O)N2CCC(c3nc(-c4ccc5c(c4)C(C)(C)CCC5(C)C)cs3)CC2)C1. The van der Waals surface area contributed by atoms with Crippen molar-refractivity contribution in [1.82, 2.24) is 14.8 Å². The van der Waals surface area contributed by atoms with E-state index >= 15 is 0 Å². The Morgan fingerprint density at radius 3 is 2.50 bits per heavy atom. The van der Waals surface area contributed by atoms with Crippen molar-refractivity contribution in [2.75, 3.05) is 39.8 Å². The van der Waals surface area contributed by atoms with E-state index in [1.165, 1.54) is 41.0 Å². The van der Waals surface area contributed by atoms with Gasteiger partial charge in [-0.2, -0.15) is 0 Å². The number of rotatable bonds is 4. The molecule has 0 radical (unpaired) electrons. The number of piperidine rings is 2. The summed E-state index contributed by atoms with van der Waals surface area (Å²) in [5.74, 6) is 0.895. The average Bonchev–Trinajstić information content (AvgIpc) is 3.36. The molecule has 196 valence electrons. The molecular weight excluding hydrogens is 466 g/mol. The number of nitrogens with zero attached hydrogens (tertiary/aromatic N) is 3. The van der Waals surface area contributed by atoms with Gasteiger partial charge in [0.1, 0.15) is 0 Å². The van der Waals surface area contributed by atoms with E-state index in [0.29, 0.717) is 18.4 Å². The number of ether oxygens (including phenoxy) is 1. The van der Waals surface area contributed by atoms with Crippen LogP contribution in [0.3, 0.4) is 0 Å². The zero-order valence-electron chi connectivity index (χ0n) is 22.8. The van der Waals surface area contributed by atoms with E-state index < -0.39 is 0 Å². The molecule has 2 aliphatic heterocycles. The van der Waals surface area contributed by atoms with Crippen molar-refractivity contribution in [3.8, 4) is 11.3 Å². The van der Waals surface area contributed by atoms with Crippen molar-refractivity contribution >= 4 is 17.4 Å². The van der Waals surface area contributed by atoms with Crippen LogP contribution in [0.15, 0.2) is 23.6 Å². The largest absolute Gasteiger partial charge is 0.449 e. The fourth-order valence-corrected chi connectivity index (χ4v) is 7.35. The fraction of sp³-hybridized carbons (Fsp3) is 0.667.